The molecule has 2 saturated heterocycles. The van der Waals surface area contributed by atoms with Crippen molar-refractivity contribution in [1.29, 1.82) is 0 Å². The molecule has 0 radical (unpaired) electrons. The van der Waals surface area contributed by atoms with Gasteiger partial charge in [0.15, 0.2) is 0 Å². The Kier molecular flexibility index (Phi) is 8.09. The summed E-state index contributed by atoms with van der Waals surface area (Å²) in [5, 5.41) is 0. The highest BCUT2D eigenvalue weighted by Crippen LogP contribution is 2.30. The Labute approximate surface area is 193 Å². The smallest absolute Gasteiger partial charge is 0.410 e. The Bertz CT molecular complexity index is 865. The average molecular weight is 466 g/mol. The van der Waals surface area contributed by atoms with Gasteiger partial charge in [-0.25, -0.2) is 13.2 Å². The van der Waals surface area contributed by atoms with Crippen LogP contribution in [0.2, 0.25) is 0 Å². The van der Waals surface area contributed by atoms with Gasteiger partial charge in [-0.1, -0.05) is 31.4 Å². The molecule has 2 aliphatic heterocycles. The lowest BCUT2D eigenvalue weighted by Crippen LogP contribution is -2.41. The van der Waals surface area contributed by atoms with Crippen molar-refractivity contribution in [1.82, 2.24) is 9.21 Å². The van der Waals surface area contributed by atoms with Gasteiger partial charge in [0.2, 0.25) is 10.0 Å². The molecular weight excluding hydrogens is 426 g/mol. The molecule has 1 aromatic rings. The van der Waals surface area contributed by atoms with Gasteiger partial charge in [0, 0.05) is 26.2 Å². The number of hydrogen-bond acceptors (Lipinski definition) is 5. The number of nitrogens with zero attached hydrogens (tertiary/aromatic N) is 2. The molecule has 0 aliphatic carbocycles. The van der Waals surface area contributed by atoms with Crippen LogP contribution in [0.4, 0.5) is 10.5 Å². The highest BCUT2D eigenvalue weighted by atomic mass is 32.2. The summed E-state index contributed by atoms with van der Waals surface area (Å²) >= 11 is 0. The van der Waals surface area contributed by atoms with Crippen molar-refractivity contribution < 1.29 is 17.9 Å². The first-order chi connectivity index (χ1) is 15.1. The zero-order valence-electron chi connectivity index (χ0n) is 19.8. The van der Waals surface area contributed by atoms with E-state index in [0.717, 1.165) is 45.2 Å². The monoisotopic (exact) mass is 465 g/mol. The van der Waals surface area contributed by atoms with E-state index in [2.05, 4.69) is 0 Å². The van der Waals surface area contributed by atoms with Gasteiger partial charge in [0.05, 0.1) is 5.69 Å². The fraction of sp³-hybridized carbons (Fsp3) is 0.708. The molecule has 3 rings (SSSR count). The highest BCUT2D eigenvalue weighted by Gasteiger charge is 2.31. The maximum atomic E-state index is 12.9. The van der Waals surface area contributed by atoms with Crippen molar-refractivity contribution in [3.63, 3.8) is 0 Å². The summed E-state index contributed by atoms with van der Waals surface area (Å²) in [7, 11) is -3.51. The maximum Gasteiger partial charge on any atom is 0.410 e. The van der Waals surface area contributed by atoms with Gasteiger partial charge in [0.1, 0.15) is 10.5 Å². The Balaban J connectivity index is 1.36. The van der Waals surface area contributed by atoms with Crippen LogP contribution in [0.25, 0.3) is 0 Å². The lowest BCUT2D eigenvalue weighted by Gasteiger charge is -2.34. The predicted molar refractivity (Wildman–Crippen MR) is 127 cm³/mol. The van der Waals surface area contributed by atoms with Gasteiger partial charge in [-0.05, 0) is 70.4 Å². The molecule has 2 fully saturated rings. The van der Waals surface area contributed by atoms with Crippen molar-refractivity contribution in [3.8, 4) is 0 Å². The van der Waals surface area contributed by atoms with Crippen molar-refractivity contribution in [2.75, 3.05) is 31.9 Å². The van der Waals surface area contributed by atoms with E-state index in [-0.39, 0.29) is 11.0 Å². The van der Waals surface area contributed by atoms with Crippen LogP contribution in [0.15, 0.2) is 29.2 Å². The number of carbonyl (C=O) groups is 1. The van der Waals surface area contributed by atoms with Gasteiger partial charge in [-0.2, -0.15) is 4.31 Å². The van der Waals surface area contributed by atoms with E-state index in [1.807, 2.05) is 25.7 Å². The summed E-state index contributed by atoms with van der Waals surface area (Å²) in [5.41, 5.74) is 5.76. The summed E-state index contributed by atoms with van der Waals surface area (Å²) < 4.78 is 32.8. The maximum absolute atomic E-state index is 12.9. The van der Waals surface area contributed by atoms with Crippen molar-refractivity contribution in [2.45, 2.75) is 76.2 Å². The zero-order valence-corrected chi connectivity index (χ0v) is 20.6. The van der Waals surface area contributed by atoms with E-state index in [4.69, 9.17) is 10.5 Å². The van der Waals surface area contributed by atoms with Crippen molar-refractivity contribution in [2.24, 2.45) is 11.8 Å². The summed E-state index contributed by atoms with van der Waals surface area (Å²) in [4.78, 5) is 14.2. The molecule has 0 spiro atoms. The molecule has 8 heteroatoms. The van der Waals surface area contributed by atoms with Gasteiger partial charge in [0.25, 0.3) is 0 Å². The number of piperidine rings is 2. The van der Waals surface area contributed by atoms with Crippen LogP contribution in [-0.4, -0.2) is 55.5 Å². The molecule has 0 atom stereocenters. The van der Waals surface area contributed by atoms with Crippen molar-refractivity contribution >= 4 is 21.8 Å². The molecule has 32 heavy (non-hydrogen) atoms. The molecule has 0 bridgehead atoms. The van der Waals surface area contributed by atoms with Crippen LogP contribution in [-0.2, 0) is 14.8 Å². The molecule has 0 saturated carbocycles. The van der Waals surface area contributed by atoms with Gasteiger partial charge in [-0.15, -0.1) is 0 Å². The summed E-state index contributed by atoms with van der Waals surface area (Å²) in [6, 6.07) is 6.69. The second-order valence-corrected chi connectivity index (χ2v) is 12.1. The minimum absolute atomic E-state index is 0.199. The summed E-state index contributed by atoms with van der Waals surface area (Å²) in [5.74, 6) is 1.24. The van der Waals surface area contributed by atoms with Crippen LogP contribution in [0.3, 0.4) is 0 Å². The number of para-hydroxylation sites is 1. The second kappa shape index (κ2) is 10.4. The average Bonchev–Trinajstić information content (AvgIpc) is 2.73. The molecule has 0 aromatic heterocycles. The van der Waals surface area contributed by atoms with Gasteiger partial charge in [-0.3, -0.25) is 0 Å². The van der Waals surface area contributed by atoms with Gasteiger partial charge >= 0.3 is 6.09 Å². The van der Waals surface area contributed by atoms with Crippen molar-refractivity contribution in [3.05, 3.63) is 24.3 Å². The van der Waals surface area contributed by atoms with E-state index in [0.29, 0.717) is 30.6 Å². The van der Waals surface area contributed by atoms with E-state index in [1.165, 1.54) is 12.8 Å². The topological polar surface area (TPSA) is 92.9 Å². The Hall–Kier alpha value is -1.80. The van der Waals surface area contributed by atoms with E-state index in [1.54, 1.807) is 28.6 Å². The van der Waals surface area contributed by atoms with Gasteiger partial charge < -0.3 is 15.4 Å². The minimum Gasteiger partial charge on any atom is -0.444 e. The minimum atomic E-state index is -3.51. The number of rotatable bonds is 6. The summed E-state index contributed by atoms with van der Waals surface area (Å²) in [6.07, 6.45) is 7.18. The summed E-state index contributed by atoms with van der Waals surface area (Å²) in [6.45, 7) is 8.38. The fourth-order valence-electron chi connectivity index (χ4n) is 4.72. The number of nitrogens with two attached hydrogens (primary N) is 1. The molecule has 2 N–H and O–H groups in total. The van der Waals surface area contributed by atoms with Crippen LogP contribution >= 0.6 is 0 Å². The number of nitrogen functional groups attached to an aromatic ring is 1. The standard InChI is InChI=1S/C24H39N3O4S/c1-24(2,3)31-23(28)26-15-11-19(12-16-26)7-6-8-20-13-17-27(18-14-20)32(29,30)22-10-5-4-9-21(22)25/h4-5,9-10,19-20H,6-8,11-18,25H2,1-3H3. The molecule has 2 heterocycles. The first-order valence-corrected chi connectivity index (χ1v) is 13.3. The highest BCUT2D eigenvalue weighted by molar-refractivity contribution is 7.89. The molecule has 1 amide bonds. The first-order valence-electron chi connectivity index (χ1n) is 11.9. The Morgan fingerprint density at radius 1 is 1.00 bits per heavy atom. The van der Waals surface area contributed by atoms with Crippen LogP contribution < -0.4 is 5.73 Å². The third-order valence-corrected chi connectivity index (χ3v) is 8.57. The van der Waals surface area contributed by atoms with E-state index < -0.39 is 15.6 Å². The number of amides is 1. The van der Waals surface area contributed by atoms with E-state index in [9.17, 15) is 13.2 Å². The van der Waals surface area contributed by atoms with Crippen LogP contribution in [0.5, 0.6) is 0 Å². The molecular formula is C24H39N3O4S. The largest absolute Gasteiger partial charge is 0.444 e. The quantitative estimate of drug-likeness (QED) is 0.625. The van der Waals surface area contributed by atoms with Crippen LogP contribution in [0.1, 0.15) is 65.7 Å². The zero-order chi connectivity index (χ0) is 23.4. The molecule has 0 unspecified atom stereocenters. The predicted octanol–water partition coefficient (Wildman–Crippen LogP) is 4.49. The van der Waals surface area contributed by atoms with E-state index >= 15 is 0 Å². The lowest BCUT2D eigenvalue weighted by molar-refractivity contribution is 0.0180. The van der Waals surface area contributed by atoms with Crippen LogP contribution in [0, 0.1) is 11.8 Å². The number of hydrogen-bond donors (Lipinski definition) is 1. The number of anilines is 1. The number of benzene rings is 1. The second-order valence-electron chi connectivity index (χ2n) is 10.2. The molecule has 2 aliphatic rings. The number of ether oxygens (including phenoxy) is 1. The lowest BCUT2D eigenvalue weighted by atomic mass is 9.87. The molecule has 1 aromatic carbocycles. The normalized spacial score (nSPS) is 19.8. The first kappa shape index (κ1) is 24.8. The number of sulfonamides is 1. The molecule has 7 nitrogen and oxygen atoms in total. The molecule has 180 valence electrons. The fourth-order valence-corrected chi connectivity index (χ4v) is 6.30. The number of carbonyl (C=O) groups excluding carboxylic acids is 1. The third kappa shape index (κ3) is 6.61. The third-order valence-electron chi connectivity index (χ3n) is 6.60. The SMILES string of the molecule is CC(C)(C)OC(=O)N1CCC(CCCC2CCN(S(=O)(=O)c3ccccc3N)CC2)CC1. The number of likely N-dealkylation sites (tertiary alicyclic amines) is 1. The Morgan fingerprint density at radius 2 is 1.53 bits per heavy atom. The Morgan fingerprint density at radius 3 is 2.06 bits per heavy atom.